The Balaban J connectivity index is 2.11. The normalized spacial score (nSPS) is 12.0. The highest BCUT2D eigenvalue weighted by Crippen LogP contribution is 2.27. The second-order valence-electron chi connectivity index (χ2n) is 6.69. The Morgan fingerprint density at radius 2 is 1.73 bits per heavy atom. The van der Waals surface area contributed by atoms with Crippen LogP contribution in [0.4, 0.5) is 10.1 Å². The molecule has 26 heavy (non-hydrogen) atoms. The van der Waals surface area contributed by atoms with Crippen LogP contribution in [-0.2, 0) is 9.53 Å². The van der Waals surface area contributed by atoms with E-state index >= 15 is 0 Å². The van der Waals surface area contributed by atoms with Gasteiger partial charge in [0.15, 0.2) is 6.10 Å². The number of aryl methyl sites for hydroxylation is 2. The van der Waals surface area contributed by atoms with Crippen molar-refractivity contribution in [3.63, 3.8) is 0 Å². The van der Waals surface area contributed by atoms with Crippen molar-refractivity contribution in [2.75, 3.05) is 5.32 Å². The van der Waals surface area contributed by atoms with Gasteiger partial charge >= 0.3 is 5.97 Å². The Morgan fingerprint density at radius 3 is 2.35 bits per heavy atom. The summed E-state index contributed by atoms with van der Waals surface area (Å²) >= 11 is 0. The van der Waals surface area contributed by atoms with Crippen LogP contribution in [0.15, 0.2) is 36.4 Å². The summed E-state index contributed by atoms with van der Waals surface area (Å²) in [7, 11) is 0. The molecule has 1 amide bonds. The van der Waals surface area contributed by atoms with Crippen LogP contribution in [0.5, 0.6) is 0 Å². The number of nitrogens with one attached hydrogen (secondary N) is 1. The number of amides is 1. The molecule has 0 saturated carbocycles. The molecule has 0 aromatic heterocycles. The molecule has 1 N–H and O–H groups in total. The summed E-state index contributed by atoms with van der Waals surface area (Å²) in [5.74, 6) is -1.42. The van der Waals surface area contributed by atoms with E-state index in [2.05, 4.69) is 5.32 Å². The number of esters is 1. The highest BCUT2D eigenvalue weighted by Gasteiger charge is 2.21. The number of rotatable bonds is 5. The number of anilines is 1. The van der Waals surface area contributed by atoms with Crippen molar-refractivity contribution < 1.29 is 18.7 Å². The van der Waals surface area contributed by atoms with Gasteiger partial charge in [-0.3, -0.25) is 4.79 Å². The number of carbonyl (C=O) groups excluding carboxylic acids is 2. The highest BCUT2D eigenvalue weighted by atomic mass is 19.1. The van der Waals surface area contributed by atoms with Gasteiger partial charge in [0.05, 0.1) is 5.56 Å². The molecular weight excluding hydrogens is 333 g/mol. The zero-order chi connectivity index (χ0) is 19.4. The lowest BCUT2D eigenvalue weighted by molar-refractivity contribution is -0.123. The summed E-state index contributed by atoms with van der Waals surface area (Å²) in [6, 6.07) is 9.89. The Hall–Kier alpha value is -2.69. The number of halogens is 1. The van der Waals surface area contributed by atoms with E-state index < -0.39 is 23.8 Å². The van der Waals surface area contributed by atoms with Gasteiger partial charge in [0.25, 0.3) is 5.91 Å². The van der Waals surface area contributed by atoms with Crippen LogP contribution in [0.2, 0.25) is 0 Å². The number of hydrogen-bond donors (Lipinski definition) is 1. The van der Waals surface area contributed by atoms with E-state index in [1.54, 1.807) is 6.92 Å². The molecule has 0 saturated heterocycles. The molecule has 0 radical (unpaired) electrons. The fraction of sp³-hybridized carbons (Fsp3) is 0.333. The second kappa shape index (κ2) is 8.13. The molecule has 5 heteroatoms. The molecule has 0 aliphatic rings. The highest BCUT2D eigenvalue weighted by molar-refractivity contribution is 5.98. The van der Waals surface area contributed by atoms with Crippen molar-refractivity contribution in [2.45, 2.75) is 46.6 Å². The van der Waals surface area contributed by atoms with Crippen LogP contribution in [0, 0.1) is 19.7 Å². The van der Waals surface area contributed by atoms with Crippen LogP contribution in [-0.4, -0.2) is 18.0 Å². The SMILES string of the molecule is Cc1ccc(C(=O)O[C@@H](C)C(=O)Nc2c(C)cccc2C(C)C)cc1F. The standard InChI is InChI=1S/C21H24FNO3/c1-12(2)17-8-6-7-14(4)19(17)23-20(24)15(5)26-21(25)16-10-9-13(3)18(22)11-16/h6-12,15H,1-5H3,(H,23,24)/t15-/m0/s1. The summed E-state index contributed by atoms with van der Waals surface area (Å²) in [4.78, 5) is 24.6. The quantitative estimate of drug-likeness (QED) is 0.786. The number of benzene rings is 2. The minimum absolute atomic E-state index is 0.0755. The van der Waals surface area contributed by atoms with E-state index in [1.807, 2.05) is 39.0 Å². The molecule has 0 bridgehead atoms. The first-order valence-corrected chi connectivity index (χ1v) is 8.58. The molecule has 2 rings (SSSR count). The van der Waals surface area contributed by atoms with Crippen molar-refractivity contribution in [1.82, 2.24) is 0 Å². The second-order valence-corrected chi connectivity index (χ2v) is 6.69. The molecule has 138 valence electrons. The lowest BCUT2D eigenvalue weighted by Gasteiger charge is -2.19. The van der Waals surface area contributed by atoms with E-state index in [4.69, 9.17) is 4.74 Å². The first kappa shape index (κ1) is 19.6. The van der Waals surface area contributed by atoms with Crippen LogP contribution in [0.1, 0.15) is 53.7 Å². The predicted molar refractivity (Wildman–Crippen MR) is 99.9 cm³/mol. The molecule has 2 aromatic rings. The van der Waals surface area contributed by atoms with E-state index in [0.29, 0.717) is 5.56 Å². The van der Waals surface area contributed by atoms with Gasteiger partial charge in [0.1, 0.15) is 5.82 Å². The van der Waals surface area contributed by atoms with Crippen molar-refractivity contribution in [1.29, 1.82) is 0 Å². The van der Waals surface area contributed by atoms with Gasteiger partial charge in [-0.05, 0) is 55.5 Å². The smallest absolute Gasteiger partial charge is 0.339 e. The van der Waals surface area contributed by atoms with E-state index in [9.17, 15) is 14.0 Å². The van der Waals surface area contributed by atoms with Gasteiger partial charge in [-0.1, -0.05) is 38.1 Å². The van der Waals surface area contributed by atoms with Gasteiger partial charge < -0.3 is 10.1 Å². The van der Waals surface area contributed by atoms with Crippen molar-refractivity contribution >= 4 is 17.6 Å². The predicted octanol–water partition coefficient (Wildman–Crippen LogP) is 4.75. The first-order chi connectivity index (χ1) is 12.2. The summed E-state index contributed by atoms with van der Waals surface area (Å²) in [6.45, 7) is 9.09. The van der Waals surface area contributed by atoms with Crippen LogP contribution in [0.25, 0.3) is 0 Å². The number of hydrogen-bond acceptors (Lipinski definition) is 3. The average molecular weight is 357 g/mol. The molecule has 4 nitrogen and oxygen atoms in total. The number of ether oxygens (including phenoxy) is 1. The fourth-order valence-corrected chi connectivity index (χ4v) is 2.57. The topological polar surface area (TPSA) is 55.4 Å². The zero-order valence-corrected chi connectivity index (χ0v) is 15.7. The molecule has 0 spiro atoms. The summed E-state index contributed by atoms with van der Waals surface area (Å²) in [6.07, 6.45) is -1.01. The van der Waals surface area contributed by atoms with E-state index in [1.165, 1.54) is 19.1 Å². The molecule has 1 atom stereocenters. The Labute approximate surface area is 153 Å². The van der Waals surface area contributed by atoms with Gasteiger partial charge in [-0.25, -0.2) is 9.18 Å². The van der Waals surface area contributed by atoms with Gasteiger partial charge in [0.2, 0.25) is 0 Å². The number of para-hydroxylation sites is 1. The van der Waals surface area contributed by atoms with Gasteiger partial charge in [-0.2, -0.15) is 0 Å². The third-order valence-corrected chi connectivity index (χ3v) is 4.24. The van der Waals surface area contributed by atoms with Gasteiger partial charge in [-0.15, -0.1) is 0 Å². The molecular formula is C21H24FNO3. The third-order valence-electron chi connectivity index (χ3n) is 4.24. The fourth-order valence-electron chi connectivity index (χ4n) is 2.57. The zero-order valence-electron chi connectivity index (χ0n) is 15.7. The van der Waals surface area contributed by atoms with E-state index in [0.717, 1.165) is 22.9 Å². The summed E-state index contributed by atoms with van der Waals surface area (Å²) in [5.41, 5.74) is 3.19. The largest absolute Gasteiger partial charge is 0.449 e. The molecule has 2 aromatic carbocycles. The third kappa shape index (κ3) is 4.48. The maximum Gasteiger partial charge on any atom is 0.339 e. The Bertz CT molecular complexity index is 830. The maximum atomic E-state index is 13.6. The van der Waals surface area contributed by atoms with Crippen molar-refractivity contribution in [3.8, 4) is 0 Å². The molecule has 0 aliphatic carbocycles. The molecule has 0 heterocycles. The summed E-state index contributed by atoms with van der Waals surface area (Å²) in [5, 5.41) is 2.85. The molecule has 0 aliphatic heterocycles. The Morgan fingerprint density at radius 1 is 1.04 bits per heavy atom. The van der Waals surface area contributed by atoms with Crippen molar-refractivity contribution in [2.24, 2.45) is 0 Å². The van der Waals surface area contributed by atoms with Gasteiger partial charge in [0, 0.05) is 5.69 Å². The lowest BCUT2D eigenvalue weighted by atomic mass is 9.98. The lowest BCUT2D eigenvalue weighted by Crippen LogP contribution is -2.30. The minimum atomic E-state index is -1.01. The summed E-state index contributed by atoms with van der Waals surface area (Å²) < 4.78 is 18.8. The molecule has 0 unspecified atom stereocenters. The average Bonchev–Trinajstić information content (AvgIpc) is 2.58. The van der Waals surface area contributed by atoms with E-state index in [-0.39, 0.29) is 11.5 Å². The van der Waals surface area contributed by atoms with Crippen molar-refractivity contribution in [3.05, 3.63) is 64.5 Å². The van der Waals surface area contributed by atoms with Crippen LogP contribution >= 0.6 is 0 Å². The first-order valence-electron chi connectivity index (χ1n) is 8.58. The Kier molecular flexibility index (Phi) is 6.14. The maximum absolute atomic E-state index is 13.6. The van der Waals surface area contributed by atoms with Crippen LogP contribution in [0.3, 0.4) is 0 Å². The minimum Gasteiger partial charge on any atom is -0.449 e. The van der Waals surface area contributed by atoms with Crippen LogP contribution < -0.4 is 5.32 Å². The number of carbonyl (C=O) groups is 2. The monoisotopic (exact) mass is 357 g/mol. The molecule has 0 fully saturated rings.